The molecule has 0 spiro atoms. The van der Waals surface area contributed by atoms with Gasteiger partial charge in [0, 0.05) is 31.5 Å². The van der Waals surface area contributed by atoms with Gasteiger partial charge in [-0.2, -0.15) is 0 Å². The molecule has 0 fully saturated rings. The summed E-state index contributed by atoms with van der Waals surface area (Å²) in [5.74, 6) is 0. The van der Waals surface area contributed by atoms with Gasteiger partial charge in [0.2, 0.25) is 0 Å². The van der Waals surface area contributed by atoms with Crippen LogP contribution in [0.25, 0.3) is 75.1 Å². The van der Waals surface area contributed by atoms with Crippen molar-refractivity contribution in [1.29, 1.82) is 0 Å². The number of nitrogens with zero attached hydrogens (tertiary/aromatic N) is 1. The number of hydrogen-bond donors (Lipinski definition) is 0. The zero-order valence-electron chi connectivity index (χ0n) is 28.4. The number of benzene rings is 9. The minimum absolute atomic E-state index is 1.12. The van der Waals surface area contributed by atoms with Crippen LogP contribution in [0.1, 0.15) is 0 Å². The van der Waals surface area contributed by atoms with Crippen molar-refractivity contribution in [3.63, 3.8) is 0 Å². The molecule has 9 aromatic carbocycles. The molecule has 0 saturated carbocycles. The predicted octanol–water partition coefficient (Wildman–Crippen LogP) is 14.8. The Bertz CT molecular complexity index is 2880. The molecule has 0 aliphatic carbocycles. The molecule has 1 nitrogen and oxygen atoms in total. The zero-order chi connectivity index (χ0) is 34.4. The van der Waals surface area contributed by atoms with Crippen LogP contribution in [0.15, 0.2) is 200 Å². The van der Waals surface area contributed by atoms with E-state index >= 15 is 0 Å². The topological polar surface area (TPSA) is 3.24 Å². The lowest BCUT2D eigenvalue weighted by atomic mass is 9.92. The maximum atomic E-state index is 2.43. The van der Waals surface area contributed by atoms with Crippen LogP contribution in [-0.2, 0) is 0 Å². The van der Waals surface area contributed by atoms with Crippen molar-refractivity contribution in [3.8, 4) is 33.4 Å². The van der Waals surface area contributed by atoms with Crippen LogP contribution >= 0.6 is 11.3 Å². The van der Waals surface area contributed by atoms with Gasteiger partial charge in [0.25, 0.3) is 0 Å². The van der Waals surface area contributed by atoms with Crippen LogP contribution in [0.5, 0.6) is 0 Å². The maximum absolute atomic E-state index is 2.43. The summed E-state index contributed by atoms with van der Waals surface area (Å²) >= 11 is 1.86. The fourth-order valence-electron chi connectivity index (χ4n) is 7.85. The van der Waals surface area contributed by atoms with Crippen LogP contribution in [0.2, 0.25) is 0 Å². The van der Waals surface area contributed by atoms with E-state index in [9.17, 15) is 0 Å². The normalized spacial score (nSPS) is 11.5. The molecule has 0 unspecified atom stereocenters. The highest BCUT2D eigenvalue weighted by Gasteiger charge is 2.19. The van der Waals surface area contributed by atoms with E-state index < -0.39 is 0 Å². The van der Waals surface area contributed by atoms with Gasteiger partial charge in [-0.15, -0.1) is 11.3 Å². The van der Waals surface area contributed by atoms with Crippen molar-refractivity contribution >= 4 is 70.1 Å². The first-order valence-electron chi connectivity index (χ1n) is 17.8. The lowest BCUT2D eigenvalue weighted by Gasteiger charge is -2.27. The summed E-state index contributed by atoms with van der Waals surface area (Å²) in [5, 5.41) is 7.62. The second-order valence-electron chi connectivity index (χ2n) is 13.3. The zero-order valence-corrected chi connectivity index (χ0v) is 29.2. The van der Waals surface area contributed by atoms with Gasteiger partial charge in [0.05, 0.1) is 5.69 Å². The van der Waals surface area contributed by atoms with Gasteiger partial charge >= 0.3 is 0 Å². The third-order valence-corrected chi connectivity index (χ3v) is 11.4. The van der Waals surface area contributed by atoms with Crippen LogP contribution in [-0.4, -0.2) is 0 Å². The standard InChI is InChI=1S/C50H33NS/c1-2-12-34(13-3-1)42-32-33-43(45-18-7-6-17-44(42)45)37-26-30-39(31-27-37)51(47-21-11-23-49-50(47)46-19-8-9-22-48(46)52-49)38-28-24-36(25-29-38)41-20-10-15-35-14-4-5-16-40(35)41/h1-33H. The number of anilines is 3. The molecule has 244 valence electrons. The van der Waals surface area contributed by atoms with Crippen molar-refractivity contribution in [2.24, 2.45) is 0 Å². The smallest absolute Gasteiger partial charge is 0.0554 e. The lowest BCUT2D eigenvalue weighted by Crippen LogP contribution is -2.10. The maximum Gasteiger partial charge on any atom is 0.0554 e. The van der Waals surface area contributed by atoms with Crippen LogP contribution < -0.4 is 4.90 Å². The molecule has 0 amide bonds. The molecule has 1 heterocycles. The predicted molar refractivity (Wildman–Crippen MR) is 225 cm³/mol. The molecule has 10 aromatic rings. The van der Waals surface area contributed by atoms with E-state index in [-0.39, 0.29) is 0 Å². The SMILES string of the molecule is c1ccc(-c2ccc(-c3ccc(N(c4ccc(-c5cccc6ccccc56)cc4)c4cccc5sc6ccccc6c45)cc3)c3ccccc23)cc1. The number of thiophene rings is 1. The summed E-state index contributed by atoms with van der Waals surface area (Å²) in [4.78, 5) is 2.43. The quantitative estimate of drug-likeness (QED) is 0.169. The number of hydrogen-bond acceptors (Lipinski definition) is 2. The first-order chi connectivity index (χ1) is 25.8. The van der Waals surface area contributed by atoms with E-state index in [1.807, 2.05) is 11.3 Å². The minimum Gasteiger partial charge on any atom is -0.310 e. The second-order valence-corrected chi connectivity index (χ2v) is 14.4. The van der Waals surface area contributed by atoms with Crippen LogP contribution in [0.3, 0.4) is 0 Å². The van der Waals surface area contributed by atoms with Gasteiger partial charge in [0.15, 0.2) is 0 Å². The Kier molecular flexibility index (Phi) is 7.41. The van der Waals surface area contributed by atoms with Crippen molar-refractivity contribution < 1.29 is 0 Å². The highest BCUT2D eigenvalue weighted by atomic mass is 32.1. The molecule has 0 N–H and O–H groups in total. The second kappa shape index (κ2) is 12.7. The third kappa shape index (κ3) is 5.16. The number of rotatable bonds is 6. The molecular formula is C50H33NS. The molecule has 0 bridgehead atoms. The van der Waals surface area contributed by atoms with Crippen LogP contribution in [0, 0.1) is 0 Å². The van der Waals surface area contributed by atoms with Crippen molar-refractivity contribution in [2.45, 2.75) is 0 Å². The molecule has 0 aliphatic heterocycles. The summed E-state index contributed by atoms with van der Waals surface area (Å²) < 4.78 is 2.59. The Morgan fingerprint density at radius 2 is 0.788 bits per heavy atom. The van der Waals surface area contributed by atoms with E-state index in [1.165, 1.54) is 80.8 Å². The molecule has 52 heavy (non-hydrogen) atoms. The average molecular weight is 680 g/mol. The Labute approximate surface area is 307 Å². The summed E-state index contributed by atoms with van der Waals surface area (Å²) in [6.45, 7) is 0. The largest absolute Gasteiger partial charge is 0.310 e. The monoisotopic (exact) mass is 679 g/mol. The van der Waals surface area contributed by atoms with Gasteiger partial charge < -0.3 is 4.90 Å². The Hall–Kier alpha value is -6.48. The molecule has 0 atom stereocenters. The molecular weight excluding hydrogens is 647 g/mol. The summed E-state index contributed by atoms with van der Waals surface area (Å²) in [5.41, 5.74) is 10.8. The van der Waals surface area contributed by atoms with E-state index in [4.69, 9.17) is 0 Å². The van der Waals surface area contributed by atoms with Gasteiger partial charge in [-0.05, 0) is 97.4 Å². The minimum atomic E-state index is 1.12. The lowest BCUT2D eigenvalue weighted by molar-refractivity contribution is 1.30. The van der Waals surface area contributed by atoms with Gasteiger partial charge in [-0.3, -0.25) is 0 Å². The fraction of sp³-hybridized carbons (Fsp3) is 0. The summed E-state index contributed by atoms with van der Waals surface area (Å²) in [6, 6.07) is 72.9. The van der Waals surface area contributed by atoms with Crippen molar-refractivity contribution in [1.82, 2.24) is 0 Å². The summed E-state index contributed by atoms with van der Waals surface area (Å²) in [6.07, 6.45) is 0. The van der Waals surface area contributed by atoms with Gasteiger partial charge in [0.1, 0.15) is 0 Å². The molecule has 0 aliphatic rings. The Morgan fingerprint density at radius 1 is 0.308 bits per heavy atom. The highest BCUT2D eigenvalue weighted by Crippen LogP contribution is 2.46. The first kappa shape index (κ1) is 30.4. The fourth-order valence-corrected chi connectivity index (χ4v) is 8.97. The van der Waals surface area contributed by atoms with Crippen molar-refractivity contribution in [3.05, 3.63) is 200 Å². The molecule has 10 rings (SSSR count). The average Bonchev–Trinajstić information content (AvgIpc) is 3.61. The van der Waals surface area contributed by atoms with Crippen molar-refractivity contribution in [2.75, 3.05) is 4.90 Å². The van der Waals surface area contributed by atoms with Gasteiger partial charge in [-0.1, -0.05) is 158 Å². The van der Waals surface area contributed by atoms with E-state index in [0.717, 1.165) is 11.4 Å². The van der Waals surface area contributed by atoms with E-state index in [1.54, 1.807) is 0 Å². The van der Waals surface area contributed by atoms with E-state index in [2.05, 4.69) is 205 Å². The number of fused-ring (bicyclic) bond motifs is 5. The van der Waals surface area contributed by atoms with E-state index in [0.29, 0.717) is 0 Å². The third-order valence-electron chi connectivity index (χ3n) is 10.3. The molecule has 0 radical (unpaired) electrons. The molecule has 1 aromatic heterocycles. The van der Waals surface area contributed by atoms with Gasteiger partial charge in [-0.25, -0.2) is 0 Å². The Balaban J connectivity index is 1.11. The molecule has 0 saturated heterocycles. The first-order valence-corrected chi connectivity index (χ1v) is 18.6. The Morgan fingerprint density at radius 3 is 1.46 bits per heavy atom. The highest BCUT2D eigenvalue weighted by molar-refractivity contribution is 7.26. The van der Waals surface area contributed by atoms with Crippen LogP contribution in [0.4, 0.5) is 17.1 Å². The summed E-state index contributed by atoms with van der Waals surface area (Å²) in [7, 11) is 0. The molecule has 2 heteroatoms.